The first-order valence-electron chi connectivity index (χ1n) is 7.81. The van der Waals surface area contributed by atoms with E-state index in [-0.39, 0.29) is 0 Å². The number of amides is 1. The molecule has 1 heterocycles. The highest BCUT2D eigenvalue weighted by molar-refractivity contribution is 5.76. The fraction of sp³-hybridized carbons (Fsp3) is 0.933. The zero-order valence-electron chi connectivity index (χ0n) is 11.6. The smallest absolute Gasteiger partial charge is 0.222 e. The average Bonchev–Trinajstić information content (AvgIpc) is 3.04. The first-order valence-corrected chi connectivity index (χ1v) is 7.81. The first-order chi connectivity index (χ1) is 8.81. The van der Waals surface area contributed by atoms with Crippen molar-refractivity contribution in [3.05, 3.63) is 0 Å². The molecule has 2 N–H and O–H groups in total. The standard InChI is InChI=1S/C15H28N2O/c16-11-3-7-14-8-4-12-17(14)15(18)10-9-13-5-1-2-6-13/h13-14H,1-12,16H2. The van der Waals surface area contributed by atoms with Gasteiger partial charge in [0.25, 0.3) is 0 Å². The van der Waals surface area contributed by atoms with Crippen LogP contribution in [0.5, 0.6) is 0 Å². The lowest BCUT2D eigenvalue weighted by Crippen LogP contribution is -2.35. The van der Waals surface area contributed by atoms with Gasteiger partial charge in [0.1, 0.15) is 0 Å². The maximum atomic E-state index is 12.3. The summed E-state index contributed by atoms with van der Waals surface area (Å²) in [5.74, 6) is 1.24. The highest BCUT2D eigenvalue weighted by Gasteiger charge is 2.28. The number of rotatable bonds is 6. The molecule has 0 aromatic carbocycles. The van der Waals surface area contributed by atoms with E-state index in [9.17, 15) is 4.79 Å². The number of carbonyl (C=O) groups excluding carboxylic acids is 1. The van der Waals surface area contributed by atoms with E-state index in [0.717, 1.165) is 44.7 Å². The van der Waals surface area contributed by atoms with Gasteiger partial charge in [-0.1, -0.05) is 25.7 Å². The maximum absolute atomic E-state index is 12.3. The molecule has 1 amide bonds. The van der Waals surface area contributed by atoms with Crippen LogP contribution >= 0.6 is 0 Å². The molecule has 2 aliphatic rings. The van der Waals surface area contributed by atoms with E-state index in [2.05, 4.69) is 4.90 Å². The molecule has 1 aliphatic heterocycles. The molecule has 2 rings (SSSR count). The molecule has 1 saturated heterocycles. The zero-order chi connectivity index (χ0) is 12.8. The van der Waals surface area contributed by atoms with Crippen molar-refractivity contribution in [3.63, 3.8) is 0 Å². The molecule has 0 radical (unpaired) electrons. The summed E-state index contributed by atoms with van der Waals surface area (Å²) in [6.07, 6.45) is 11.9. The molecule has 1 aliphatic carbocycles. The van der Waals surface area contributed by atoms with Crippen LogP contribution < -0.4 is 5.73 Å². The van der Waals surface area contributed by atoms with Crippen LogP contribution in [0.4, 0.5) is 0 Å². The van der Waals surface area contributed by atoms with Gasteiger partial charge in [-0.15, -0.1) is 0 Å². The molecular weight excluding hydrogens is 224 g/mol. The average molecular weight is 252 g/mol. The summed E-state index contributed by atoms with van der Waals surface area (Å²) in [5.41, 5.74) is 5.57. The van der Waals surface area contributed by atoms with Crippen LogP contribution in [0.15, 0.2) is 0 Å². The van der Waals surface area contributed by atoms with Crippen LogP contribution in [0.1, 0.15) is 64.2 Å². The summed E-state index contributed by atoms with van der Waals surface area (Å²) in [6, 6.07) is 0.490. The number of carbonyl (C=O) groups is 1. The minimum absolute atomic E-state index is 0.404. The summed E-state index contributed by atoms with van der Waals surface area (Å²) in [6.45, 7) is 1.74. The molecule has 104 valence electrons. The minimum atomic E-state index is 0.404. The van der Waals surface area contributed by atoms with Gasteiger partial charge in [-0.3, -0.25) is 4.79 Å². The lowest BCUT2D eigenvalue weighted by molar-refractivity contribution is -0.132. The summed E-state index contributed by atoms with van der Waals surface area (Å²) < 4.78 is 0. The van der Waals surface area contributed by atoms with Gasteiger partial charge in [-0.25, -0.2) is 0 Å². The van der Waals surface area contributed by atoms with Crippen molar-refractivity contribution < 1.29 is 4.79 Å². The molecule has 0 bridgehead atoms. The molecule has 3 heteroatoms. The molecule has 0 aromatic rings. The second-order valence-corrected chi connectivity index (χ2v) is 6.00. The third kappa shape index (κ3) is 3.71. The van der Waals surface area contributed by atoms with E-state index < -0.39 is 0 Å². The summed E-state index contributed by atoms with van der Waals surface area (Å²) in [4.78, 5) is 14.4. The Morgan fingerprint density at radius 2 is 1.89 bits per heavy atom. The van der Waals surface area contributed by atoms with E-state index in [1.54, 1.807) is 0 Å². The van der Waals surface area contributed by atoms with Crippen LogP contribution in [0, 0.1) is 5.92 Å². The molecule has 18 heavy (non-hydrogen) atoms. The van der Waals surface area contributed by atoms with Crippen LogP contribution in [0.25, 0.3) is 0 Å². The Morgan fingerprint density at radius 1 is 1.11 bits per heavy atom. The van der Waals surface area contributed by atoms with E-state index in [0.29, 0.717) is 11.9 Å². The molecule has 3 nitrogen and oxygen atoms in total. The summed E-state index contributed by atoms with van der Waals surface area (Å²) >= 11 is 0. The minimum Gasteiger partial charge on any atom is -0.340 e. The van der Waals surface area contributed by atoms with Crippen molar-refractivity contribution in [1.82, 2.24) is 4.90 Å². The van der Waals surface area contributed by atoms with Crippen molar-refractivity contribution in [1.29, 1.82) is 0 Å². The van der Waals surface area contributed by atoms with Gasteiger partial charge in [0.05, 0.1) is 0 Å². The lowest BCUT2D eigenvalue weighted by atomic mass is 10.0. The highest BCUT2D eigenvalue weighted by Crippen LogP contribution is 2.29. The SMILES string of the molecule is NCCCC1CCCN1C(=O)CCC1CCCC1. The van der Waals surface area contributed by atoms with Crippen molar-refractivity contribution >= 4 is 5.91 Å². The second-order valence-electron chi connectivity index (χ2n) is 6.00. The van der Waals surface area contributed by atoms with Gasteiger partial charge in [0, 0.05) is 19.0 Å². The van der Waals surface area contributed by atoms with E-state index in [1.165, 1.54) is 38.5 Å². The number of hydrogen-bond acceptors (Lipinski definition) is 2. The van der Waals surface area contributed by atoms with Gasteiger partial charge < -0.3 is 10.6 Å². The van der Waals surface area contributed by atoms with Gasteiger partial charge in [-0.05, 0) is 44.6 Å². The van der Waals surface area contributed by atoms with Crippen LogP contribution in [-0.4, -0.2) is 29.9 Å². The van der Waals surface area contributed by atoms with Crippen LogP contribution in [-0.2, 0) is 4.79 Å². The quantitative estimate of drug-likeness (QED) is 0.790. The summed E-state index contributed by atoms with van der Waals surface area (Å²) in [5, 5.41) is 0. The van der Waals surface area contributed by atoms with Crippen molar-refractivity contribution in [3.8, 4) is 0 Å². The molecule has 1 atom stereocenters. The van der Waals surface area contributed by atoms with Gasteiger partial charge in [0.2, 0.25) is 5.91 Å². The van der Waals surface area contributed by atoms with Crippen molar-refractivity contribution in [2.45, 2.75) is 70.3 Å². The fourth-order valence-electron chi connectivity index (χ4n) is 3.59. The fourth-order valence-corrected chi connectivity index (χ4v) is 3.59. The molecule has 1 saturated carbocycles. The Bertz CT molecular complexity index is 261. The number of likely N-dealkylation sites (tertiary alicyclic amines) is 1. The van der Waals surface area contributed by atoms with E-state index >= 15 is 0 Å². The molecule has 2 fully saturated rings. The first kappa shape index (κ1) is 13.9. The number of nitrogens with two attached hydrogens (primary N) is 1. The molecule has 0 spiro atoms. The normalized spacial score (nSPS) is 24.9. The van der Waals surface area contributed by atoms with Crippen molar-refractivity contribution in [2.24, 2.45) is 11.7 Å². The highest BCUT2D eigenvalue weighted by atomic mass is 16.2. The Balaban J connectivity index is 1.72. The van der Waals surface area contributed by atoms with Crippen molar-refractivity contribution in [2.75, 3.05) is 13.1 Å². The third-order valence-corrected chi connectivity index (χ3v) is 4.68. The molecule has 1 unspecified atom stereocenters. The number of nitrogens with zero attached hydrogens (tertiary/aromatic N) is 1. The predicted octanol–water partition coefficient (Wildman–Crippen LogP) is 2.69. The topological polar surface area (TPSA) is 46.3 Å². The zero-order valence-corrected chi connectivity index (χ0v) is 11.6. The third-order valence-electron chi connectivity index (χ3n) is 4.68. The summed E-state index contributed by atoms with van der Waals surface area (Å²) in [7, 11) is 0. The predicted molar refractivity (Wildman–Crippen MR) is 74.2 cm³/mol. The van der Waals surface area contributed by atoms with Crippen LogP contribution in [0.3, 0.4) is 0 Å². The maximum Gasteiger partial charge on any atom is 0.222 e. The molecule has 0 aromatic heterocycles. The van der Waals surface area contributed by atoms with Crippen LogP contribution in [0.2, 0.25) is 0 Å². The lowest BCUT2D eigenvalue weighted by Gasteiger charge is -2.25. The largest absolute Gasteiger partial charge is 0.340 e. The monoisotopic (exact) mass is 252 g/mol. The Labute approximate surface area is 111 Å². The second kappa shape index (κ2) is 7.13. The van der Waals surface area contributed by atoms with Gasteiger partial charge in [-0.2, -0.15) is 0 Å². The Hall–Kier alpha value is -0.570. The van der Waals surface area contributed by atoms with Gasteiger partial charge in [0.15, 0.2) is 0 Å². The molecular formula is C15H28N2O. The Morgan fingerprint density at radius 3 is 2.61 bits per heavy atom. The van der Waals surface area contributed by atoms with Gasteiger partial charge >= 0.3 is 0 Å². The van der Waals surface area contributed by atoms with E-state index in [1.807, 2.05) is 0 Å². The van der Waals surface area contributed by atoms with E-state index in [4.69, 9.17) is 5.73 Å². The number of hydrogen-bond donors (Lipinski definition) is 1. The Kier molecular flexibility index (Phi) is 5.48.